The molecule has 0 bridgehead atoms. The maximum atomic E-state index is 12.0. The van der Waals surface area contributed by atoms with Crippen molar-refractivity contribution in [1.82, 2.24) is 15.3 Å². The second kappa shape index (κ2) is 7.34. The fraction of sp³-hybridized carbons (Fsp3) is 0.400. The van der Waals surface area contributed by atoms with Crippen molar-refractivity contribution < 1.29 is 18.6 Å². The number of carbonyl (C=O) groups excluding carboxylic acids is 1. The van der Waals surface area contributed by atoms with Gasteiger partial charge in [0, 0.05) is 17.5 Å². The molecule has 0 aliphatic heterocycles. The Morgan fingerprint density at radius 1 is 1.19 bits per heavy atom. The largest absolute Gasteiger partial charge is 0.455 e. The van der Waals surface area contributed by atoms with E-state index in [1.807, 2.05) is 30.3 Å². The number of carbonyl (C=O) groups is 1. The first-order valence-corrected chi connectivity index (χ1v) is 9.12. The molecule has 0 spiro atoms. The van der Waals surface area contributed by atoms with Gasteiger partial charge in [-0.1, -0.05) is 48.4 Å². The van der Waals surface area contributed by atoms with Crippen molar-refractivity contribution in [1.29, 1.82) is 0 Å². The SMILES string of the molecule is CC(C)c1ccc(-c2noc(COC(=O)Cc3cc(C4CC4)no3)n2)cc1. The van der Waals surface area contributed by atoms with Crippen molar-refractivity contribution in [2.45, 2.75) is 51.6 Å². The summed E-state index contributed by atoms with van der Waals surface area (Å²) in [6, 6.07) is 9.83. The van der Waals surface area contributed by atoms with E-state index in [2.05, 4.69) is 29.1 Å². The van der Waals surface area contributed by atoms with E-state index in [1.54, 1.807) is 0 Å². The van der Waals surface area contributed by atoms with Crippen LogP contribution in [0.15, 0.2) is 39.4 Å². The first kappa shape index (κ1) is 17.5. The third-order valence-electron chi connectivity index (χ3n) is 4.55. The van der Waals surface area contributed by atoms with Gasteiger partial charge in [-0.25, -0.2) is 0 Å². The molecule has 0 atom stereocenters. The monoisotopic (exact) mass is 367 g/mol. The predicted molar refractivity (Wildman–Crippen MR) is 95.8 cm³/mol. The lowest BCUT2D eigenvalue weighted by molar-refractivity contribution is -0.145. The topological polar surface area (TPSA) is 91.2 Å². The number of rotatable bonds is 7. The number of ether oxygens (including phenoxy) is 1. The molecule has 2 heterocycles. The Bertz CT molecular complexity index is 923. The molecule has 1 saturated carbocycles. The van der Waals surface area contributed by atoms with Crippen LogP contribution in [0.5, 0.6) is 0 Å². The molecule has 7 nitrogen and oxygen atoms in total. The van der Waals surface area contributed by atoms with E-state index in [9.17, 15) is 4.79 Å². The Labute approximate surface area is 156 Å². The van der Waals surface area contributed by atoms with Crippen LogP contribution in [0, 0.1) is 0 Å². The van der Waals surface area contributed by atoms with Crippen LogP contribution in [0.1, 0.15) is 61.4 Å². The second-order valence-electron chi connectivity index (χ2n) is 7.12. The van der Waals surface area contributed by atoms with Gasteiger partial charge < -0.3 is 13.8 Å². The highest BCUT2D eigenvalue weighted by Crippen LogP contribution is 2.39. The molecule has 1 fully saturated rings. The number of aromatic nitrogens is 3. The van der Waals surface area contributed by atoms with Gasteiger partial charge in [0.2, 0.25) is 5.82 Å². The van der Waals surface area contributed by atoms with E-state index >= 15 is 0 Å². The fourth-order valence-corrected chi connectivity index (χ4v) is 2.77. The second-order valence-corrected chi connectivity index (χ2v) is 7.12. The molecule has 0 radical (unpaired) electrons. The van der Waals surface area contributed by atoms with Gasteiger partial charge in [-0.2, -0.15) is 4.98 Å². The third kappa shape index (κ3) is 4.24. The highest BCUT2D eigenvalue weighted by molar-refractivity contribution is 5.71. The minimum absolute atomic E-state index is 0.0391. The predicted octanol–water partition coefficient (Wildman–Crippen LogP) is 4.01. The van der Waals surface area contributed by atoms with Crippen molar-refractivity contribution in [2.75, 3.05) is 0 Å². The lowest BCUT2D eigenvalue weighted by atomic mass is 10.0. The van der Waals surface area contributed by atoms with Crippen LogP contribution in [0.4, 0.5) is 0 Å². The number of hydrogen-bond donors (Lipinski definition) is 0. The molecule has 2 aromatic heterocycles. The standard InChI is InChI=1S/C20H21N3O4/c1-12(2)13-3-7-15(8-4-13)20-21-18(27-23-20)11-25-19(24)10-16-9-17(22-26-16)14-5-6-14/h3-4,7-9,12,14H,5-6,10-11H2,1-2H3. The number of nitrogens with zero attached hydrogens (tertiary/aromatic N) is 3. The van der Waals surface area contributed by atoms with Gasteiger partial charge in [0.1, 0.15) is 12.2 Å². The Hall–Kier alpha value is -2.96. The highest BCUT2D eigenvalue weighted by Gasteiger charge is 2.27. The Morgan fingerprint density at radius 3 is 2.67 bits per heavy atom. The average molecular weight is 367 g/mol. The van der Waals surface area contributed by atoms with E-state index < -0.39 is 5.97 Å². The summed E-state index contributed by atoms with van der Waals surface area (Å²) >= 11 is 0. The van der Waals surface area contributed by atoms with Gasteiger partial charge in [0.05, 0.1) is 5.69 Å². The number of hydrogen-bond acceptors (Lipinski definition) is 7. The van der Waals surface area contributed by atoms with Gasteiger partial charge in [0.25, 0.3) is 5.89 Å². The molecule has 1 aliphatic rings. The van der Waals surface area contributed by atoms with Gasteiger partial charge in [-0.3, -0.25) is 4.79 Å². The van der Waals surface area contributed by atoms with Gasteiger partial charge in [-0.15, -0.1) is 0 Å². The lowest BCUT2D eigenvalue weighted by Gasteiger charge is -2.04. The zero-order valence-corrected chi connectivity index (χ0v) is 15.3. The van der Waals surface area contributed by atoms with E-state index in [0.29, 0.717) is 23.4 Å². The Balaban J connectivity index is 1.31. The first-order chi connectivity index (χ1) is 13.1. The molecule has 1 aliphatic carbocycles. The molecule has 7 heteroatoms. The molecule has 0 N–H and O–H groups in total. The molecule has 4 rings (SSSR count). The molecule has 0 unspecified atom stereocenters. The van der Waals surface area contributed by atoms with Crippen LogP contribution in [0.25, 0.3) is 11.4 Å². The average Bonchev–Trinajstić information content (AvgIpc) is 3.23. The van der Waals surface area contributed by atoms with Crippen molar-refractivity contribution in [3.8, 4) is 11.4 Å². The summed E-state index contributed by atoms with van der Waals surface area (Å²) in [6.45, 7) is 4.21. The van der Waals surface area contributed by atoms with Crippen LogP contribution in [-0.2, 0) is 22.6 Å². The number of esters is 1. The third-order valence-corrected chi connectivity index (χ3v) is 4.55. The normalized spacial score (nSPS) is 13.9. The van der Waals surface area contributed by atoms with Crippen molar-refractivity contribution >= 4 is 5.97 Å². The summed E-state index contributed by atoms with van der Waals surface area (Å²) in [5.74, 6) is 1.77. The fourth-order valence-electron chi connectivity index (χ4n) is 2.77. The van der Waals surface area contributed by atoms with E-state index in [1.165, 1.54) is 5.56 Å². The van der Waals surface area contributed by atoms with Gasteiger partial charge in [-0.05, 0) is 24.3 Å². The molecular weight excluding hydrogens is 346 g/mol. The van der Waals surface area contributed by atoms with Crippen LogP contribution in [-0.4, -0.2) is 21.3 Å². The minimum atomic E-state index is -0.422. The summed E-state index contributed by atoms with van der Waals surface area (Å²) in [5.41, 5.74) is 3.02. The first-order valence-electron chi connectivity index (χ1n) is 9.12. The maximum absolute atomic E-state index is 12.0. The Kier molecular flexibility index (Phi) is 4.75. The minimum Gasteiger partial charge on any atom is -0.455 e. The van der Waals surface area contributed by atoms with E-state index in [0.717, 1.165) is 24.1 Å². The molecular formula is C20H21N3O4. The summed E-state index contributed by atoms with van der Waals surface area (Å²) < 4.78 is 15.5. The van der Waals surface area contributed by atoms with Crippen LogP contribution < -0.4 is 0 Å². The van der Waals surface area contributed by atoms with Crippen LogP contribution in [0.3, 0.4) is 0 Å². The van der Waals surface area contributed by atoms with Crippen molar-refractivity contribution in [2.24, 2.45) is 0 Å². The summed E-state index contributed by atoms with van der Waals surface area (Å²) in [6.07, 6.45) is 2.31. The van der Waals surface area contributed by atoms with E-state index in [4.69, 9.17) is 13.8 Å². The molecule has 0 amide bonds. The molecule has 1 aromatic carbocycles. The van der Waals surface area contributed by atoms with Crippen molar-refractivity contribution in [3.05, 3.63) is 53.2 Å². The zero-order chi connectivity index (χ0) is 18.8. The summed E-state index contributed by atoms with van der Waals surface area (Å²) in [4.78, 5) is 16.2. The van der Waals surface area contributed by atoms with Crippen LogP contribution in [0.2, 0.25) is 0 Å². The highest BCUT2D eigenvalue weighted by atomic mass is 16.6. The smallest absolute Gasteiger partial charge is 0.314 e. The molecule has 27 heavy (non-hydrogen) atoms. The van der Waals surface area contributed by atoms with Crippen LogP contribution >= 0.6 is 0 Å². The maximum Gasteiger partial charge on any atom is 0.314 e. The number of benzene rings is 1. The van der Waals surface area contributed by atoms with Crippen molar-refractivity contribution in [3.63, 3.8) is 0 Å². The van der Waals surface area contributed by atoms with Gasteiger partial charge >= 0.3 is 5.97 Å². The molecule has 3 aromatic rings. The summed E-state index contributed by atoms with van der Waals surface area (Å²) in [7, 11) is 0. The van der Waals surface area contributed by atoms with Gasteiger partial charge in [0.15, 0.2) is 6.61 Å². The quantitative estimate of drug-likeness (QED) is 0.583. The lowest BCUT2D eigenvalue weighted by Crippen LogP contribution is -2.07. The molecule has 0 saturated heterocycles. The summed E-state index contributed by atoms with van der Waals surface area (Å²) in [5, 5.41) is 7.93. The Morgan fingerprint density at radius 2 is 1.96 bits per heavy atom. The van der Waals surface area contributed by atoms with E-state index in [-0.39, 0.29) is 18.9 Å². The zero-order valence-electron chi connectivity index (χ0n) is 15.3. The molecule has 140 valence electrons.